The molecular weight excluding hydrogens is 256 g/mol. The van der Waals surface area contributed by atoms with Crippen molar-refractivity contribution in [2.75, 3.05) is 0 Å². The Bertz CT molecular complexity index is 315. The zero-order valence-corrected chi connectivity index (χ0v) is 13.2. The van der Waals surface area contributed by atoms with Gasteiger partial charge in [-0.1, -0.05) is 51.9 Å². The van der Waals surface area contributed by atoms with Crippen LogP contribution in [0.25, 0.3) is 0 Å². The normalized spacial score (nSPS) is 19.3. The van der Waals surface area contributed by atoms with Crippen LogP contribution in [0.5, 0.6) is 0 Å². The molecule has 0 spiro atoms. The standard InChI is InChI=1S/C15H28N2OS/c1-3-4-5-6-7-8-9-10-11-13-12(2)16-15(19)17-14(13)18/h15-16,19H,3-11H2,1-2H3,(H,17,18). The Morgan fingerprint density at radius 2 is 1.58 bits per heavy atom. The third-order valence-corrected chi connectivity index (χ3v) is 3.89. The topological polar surface area (TPSA) is 41.1 Å². The number of carbonyl (C=O) groups is 1. The number of unbranched alkanes of at least 4 members (excludes halogenated alkanes) is 7. The lowest BCUT2D eigenvalue weighted by Crippen LogP contribution is -2.46. The highest BCUT2D eigenvalue weighted by Gasteiger charge is 2.20. The van der Waals surface area contributed by atoms with Gasteiger partial charge in [0.25, 0.3) is 5.91 Å². The van der Waals surface area contributed by atoms with Crippen LogP contribution in [0.1, 0.15) is 71.6 Å². The molecule has 110 valence electrons. The number of amides is 1. The highest BCUT2D eigenvalue weighted by Crippen LogP contribution is 2.17. The Morgan fingerprint density at radius 1 is 1.00 bits per heavy atom. The van der Waals surface area contributed by atoms with Crippen LogP contribution in [-0.4, -0.2) is 11.4 Å². The van der Waals surface area contributed by atoms with Crippen LogP contribution in [-0.2, 0) is 4.79 Å². The van der Waals surface area contributed by atoms with Gasteiger partial charge in [-0.05, 0) is 19.8 Å². The van der Waals surface area contributed by atoms with Gasteiger partial charge in [0.1, 0.15) is 5.50 Å². The maximum atomic E-state index is 11.8. The minimum Gasteiger partial charge on any atom is -0.360 e. The number of thiol groups is 1. The molecule has 1 aliphatic heterocycles. The van der Waals surface area contributed by atoms with Gasteiger partial charge in [0.15, 0.2) is 0 Å². The van der Waals surface area contributed by atoms with E-state index < -0.39 is 0 Å². The van der Waals surface area contributed by atoms with E-state index in [-0.39, 0.29) is 11.4 Å². The fraction of sp³-hybridized carbons (Fsp3) is 0.800. The summed E-state index contributed by atoms with van der Waals surface area (Å²) >= 11 is 4.21. The van der Waals surface area contributed by atoms with Crippen LogP contribution >= 0.6 is 12.6 Å². The zero-order valence-electron chi connectivity index (χ0n) is 12.3. The van der Waals surface area contributed by atoms with E-state index in [2.05, 4.69) is 30.2 Å². The molecule has 2 N–H and O–H groups in total. The molecule has 19 heavy (non-hydrogen) atoms. The Morgan fingerprint density at radius 3 is 2.16 bits per heavy atom. The summed E-state index contributed by atoms with van der Waals surface area (Å²) in [5.74, 6) is 0.0409. The maximum Gasteiger partial charge on any atom is 0.251 e. The lowest BCUT2D eigenvalue weighted by Gasteiger charge is -2.25. The van der Waals surface area contributed by atoms with E-state index in [0.717, 1.165) is 24.1 Å². The third-order valence-electron chi connectivity index (χ3n) is 3.63. The van der Waals surface area contributed by atoms with Gasteiger partial charge in [-0.2, -0.15) is 0 Å². The van der Waals surface area contributed by atoms with E-state index in [1.165, 1.54) is 44.9 Å². The van der Waals surface area contributed by atoms with Gasteiger partial charge >= 0.3 is 0 Å². The number of carbonyl (C=O) groups excluding carboxylic acids is 1. The van der Waals surface area contributed by atoms with Crippen molar-refractivity contribution < 1.29 is 4.79 Å². The molecule has 1 unspecified atom stereocenters. The van der Waals surface area contributed by atoms with Gasteiger partial charge in [0.2, 0.25) is 0 Å². The average Bonchev–Trinajstić information content (AvgIpc) is 2.35. The van der Waals surface area contributed by atoms with Gasteiger partial charge in [0.05, 0.1) is 0 Å². The van der Waals surface area contributed by atoms with Crippen molar-refractivity contribution in [2.45, 2.75) is 77.1 Å². The predicted octanol–water partition coefficient (Wildman–Crippen LogP) is 3.72. The fourth-order valence-electron chi connectivity index (χ4n) is 2.45. The zero-order chi connectivity index (χ0) is 14.1. The van der Waals surface area contributed by atoms with Crippen molar-refractivity contribution in [2.24, 2.45) is 0 Å². The minimum absolute atomic E-state index is 0.0409. The monoisotopic (exact) mass is 284 g/mol. The van der Waals surface area contributed by atoms with Crippen LogP contribution < -0.4 is 10.6 Å². The van der Waals surface area contributed by atoms with Crippen molar-refractivity contribution in [1.29, 1.82) is 0 Å². The SMILES string of the molecule is CCCCCCCCCCC1=C(C)NC(S)NC1=O. The fourth-order valence-corrected chi connectivity index (χ4v) is 2.76. The molecule has 1 atom stereocenters. The Hall–Kier alpha value is -0.640. The van der Waals surface area contributed by atoms with Crippen LogP contribution in [0.4, 0.5) is 0 Å². The van der Waals surface area contributed by atoms with Crippen molar-refractivity contribution in [3.8, 4) is 0 Å². The summed E-state index contributed by atoms with van der Waals surface area (Å²) in [6.45, 7) is 4.21. The first-order chi connectivity index (χ1) is 9.15. The second-order valence-electron chi connectivity index (χ2n) is 5.35. The Kier molecular flexibility index (Phi) is 8.03. The molecule has 0 saturated heterocycles. The summed E-state index contributed by atoms with van der Waals surface area (Å²) < 4.78 is 0. The smallest absolute Gasteiger partial charge is 0.251 e. The molecule has 0 radical (unpaired) electrons. The highest BCUT2D eigenvalue weighted by molar-refractivity contribution is 7.80. The average molecular weight is 284 g/mol. The lowest BCUT2D eigenvalue weighted by atomic mass is 10.0. The summed E-state index contributed by atoms with van der Waals surface area (Å²) in [4.78, 5) is 11.8. The molecule has 0 aromatic carbocycles. The van der Waals surface area contributed by atoms with Gasteiger partial charge in [-0.15, -0.1) is 12.6 Å². The first-order valence-electron chi connectivity index (χ1n) is 7.60. The van der Waals surface area contributed by atoms with Crippen molar-refractivity contribution in [1.82, 2.24) is 10.6 Å². The molecule has 0 bridgehead atoms. The van der Waals surface area contributed by atoms with E-state index in [4.69, 9.17) is 0 Å². The summed E-state index contributed by atoms with van der Waals surface area (Å²) in [6, 6.07) is 0. The molecule has 0 fully saturated rings. The molecule has 0 aliphatic carbocycles. The first kappa shape index (κ1) is 16.4. The molecule has 0 saturated carbocycles. The molecule has 1 heterocycles. The third kappa shape index (κ3) is 6.37. The molecule has 1 amide bonds. The number of hydrogen-bond acceptors (Lipinski definition) is 3. The maximum absolute atomic E-state index is 11.8. The number of nitrogens with one attached hydrogen (secondary N) is 2. The van der Waals surface area contributed by atoms with Gasteiger partial charge in [-0.3, -0.25) is 4.79 Å². The van der Waals surface area contributed by atoms with Crippen molar-refractivity contribution in [3.63, 3.8) is 0 Å². The first-order valence-corrected chi connectivity index (χ1v) is 8.12. The van der Waals surface area contributed by atoms with Crippen LogP contribution in [0.2, 0.25) is 0 Å². The van der Waals surface area contributed by atoms with E-state index in [9.17, 15) is 4.79 Å². The van der Waals surface area contributed by atoms with Gasteiger partial charge in [0, 0.05) is 11.3 Å². The number of hydrogen-bond donors (Lipinski definition) is 3. The Labute approximate surface area is 123 Å². The summed E-state index contributed by atoms with van der Waals surface area (Å²) in [7, 11) is 0. The number of allylic oxidation sites excluding steroid dienone is 1. The summed E-state index contributed by atoms with van der Waals surface area (Å²) in [5, 5.41) is 5.94. The second kappa shape index (κ2) is 9.29. The lowest BCUT2D eigenvalue weighted by molar-refractivity contribution is -0.118. The second-order valence-corrected chi connectivity index (χ2v) is 5.87. The molecule has 1 rings (SSSR count). The van der Waals surface area contributed by atoms with Crippen LogP contribution in [0.3, 0.4) is 0 Å². The summed E-state index contributed by atoms with van der Waals surface area (Å²) in [5.41, 5.74) is 1.64. The van der Waals surface area contributed by atoms with E-state index in [1.54, 1.807) is 0 Å². The minimum atomic E-state index is -0.241. The van der Waals surface area contributed by atoms with Crippen LogP contribution in [0, 0.1) is 0 Å². The molecule has 4 heteroatoms. The predicted molar refractivity (Wildman–Crippen MR) is 84.0 cm³/mol. The highest BCUT2D eigenvalue weighted by atomic mass is 32.1. The van der Waals surface area contributed by atoms with E-state index in [0.29, 0.717) is 0 Å². The Balaban J connectivity index is 2.12. The van der Waals surface area contributed by atoms with Gasteiger partial charge < -0.3 is 10.6 Å². The van der Waals surface area contributed by atoms with Crippen molar-refractivity contribution >= 4 is 18.5 Å². The molecular formula is C15H28N2OS. The summed E-state index contributed by atoms with van der Waals surface area (Å²) in [6.07, 6.45) is 11.2. The van der Waals surface area contributed by atoms with E-state index in [1.807, 2.05) is 6.92 Å². The molecule has 1 aliphatic rings. The number of rotatable bonds is 9. The van der Waals surface area contributed by atoms with Gasteiger partial charge in [-0.25, -0.2) is 0 Å². The molecule has 3 nitrogen and oxygen atoms in total. The van der Waals surface area contributed by atoms with Crippen LogP contribution in [0.15, 0.2) is 11.3 Å². The molecule has 0 aromatic heterocycles. The largest absolute Gasteiger partial charge is 0.360 e. The quantitative estimate of drug-likeness (QED) is 0.446. The van der Waals surface area contributed by atoms with E-state index >= 15 is 0 Å². The van der Waals surface area contributed by atoms with Crippen molar-refractivity contribution in [3.05, 3.63) is 11.3 Å². The molecule has 0 aromatic rings.